The van der Waals surface area contributed by atoms with E-state index in [2.05, 4.69) is 16.5 Å². The zero-order valence-corrected chi connectivity index (χ0v) is 18.6. The SMILES string of the molecule is CCn1c(-c2ccc3c(c2)OCCO3)cnc1SCCOc1ccc(S(N)(=O)=O)cc1. The van der Waals surface area contributed by atoms with Gasteiger partial charge in [-0.25, -0.2) is 18.5 Å². The molecule has 1 aliphatic rings. The molecule has 0 radical (unpaired) electrons. The maximum atomic E-state index is 11.3. The van der Waals surface area contributed by atoms with Gasteiger partial charge >= 0.3 is 0 Å². The molecule has 0 saturated heterocycles. The van der Waals surface area contributed by atoms with Crippen LogP contribution < -0.4 is 19.3 Å². The highest BCUT2D eigenvalue weighted by Crippen LogP contribution is 2.35. The van der Waals surface area contributed by atoms with Crippen molar-refractivity contribution in [3.8, 4) is 28.5 Å². The summed E-state index contributed by atoms with van der Waals surface area (Å²) in [7, 11) is -3.70. The fourth-order valence-corrected chi connectivity index (χ4v) is 4.61. The highest BCUT2D eigenvalue weighted by atomic mass is 32.2. The lowest BCUT2D eigenvalue weighted by molar-refractivity contribution is 0.171. The molecule has 8 nitrogen and oxygen atoms in total. The molecule has 0 aliphatic carbocycles. The van der Waals surface area contributed by atoms with E-state index < -0.39 is 10.0 Å². The van der Waals surface area contributed by atoms with Crippen LogP contribution in [0, 0.1) is 0 Å². The molecule has 0 saturated carbocycles. The summed E-state index contributed by atoms with van der Waals surface area (Å²) in [6, 6.07) is 12.0. The molecule has 2 heterocycles. The van der Waals surface area contributed by atoms with E-state index in [0.717, 1.165) is 34.5 Å². The number of nitrogens with two attached hydrogens (primary N) is 1. The molecular weight excluding hydrogens is 438 g/mol. The van der Waals surface area contributed by atoms with E-state index in [4.69, 9.17) is 19.3 Å². The van der Waals surface area contributed by atoms with E-state index in [9.17, 15) is 8.42 Å². The van der Waals surface area contributed by atoms with E-state index >= 15 is 0 Å². The zero-order valence-electron chi connectivity index (χ0n) is 17.0. The molecule has 0 unspecified atom stereocenters. The number of fused-ring (bicyclic) bond motifs is 1. The Hall–Kier alpha value is -2.69. The monoisotopic (exact) mass is 461 g/mol. The van der Waals surface area contributed by atoms with Crippen LogP contribution in [0.4, 0.5) is 0 Å². The summed E-state index contributed by atoms with van der Waals surface area (Å²) in [5.74, 6) is 2.79. The Balaban J connectivity index is 1.38. The number of aromatic nitrogens is 2. The first-order chi connectivity index (χ1) is 15.0. The standard InChI is InChI=1S/C21H23N3O5S2/c1-2-24-18(15-3-8-19-20(13-15)29-10-9-28-19)14-23-21(24)30-12-11-27-16-4-6-17(7-5-16)31(22,25)26/h3-8,13-14H,2,9-12H2,1H3,(H2,22,25,26). The van der Waals surface area contributed by atoms with Crippen molar-refractivity contribution in [3.63, 3.8) is 0 Å². The van der Waals surface area contributed by atoms with Gasteiger partial charge in [-0.2, -0.15) is 0 Å². The first kappa shape index (κ1) is 21.5. The van der Waals surface area contributed by atoms with Crippen molar-refractivity contribution in [2.45, 2.75) is 23.5 Å². The summed E-state index contributed by atoms with van der Waals surface area (Å²) in [5, 5.41) is 6.01. The van der Waals surface area contributed by atoms with Crippen molar-refractivity contribution in [2.24, 2.45) is 5.14 Å². The minimum absolute atomic E-state index is 0.0610. The molecular formula is C21H23N3O5S2. The van der Waals surface area contributed by atoms with Crippen LogP contribution in [0.5, 0.6) is 17.2 Å². The van der Waals surface area contributed by atoms with Gasteiger partial charge in [0.1, 0.15) is 19.0 Å². The Kier molecular flexibility index (Phi) is 6.40. The van der Waals surface area contributed by atoms with Crippen LogP contribution >= 0.6 is 11.8 Å². The molecule has 31 heavy (non-hydrogen) atoms. The Labute approximate surface area is 185 Å². The highest BCUT2D eigenvalue weighted by Gasteiger charge is 2.16. The molecule has 10 heteroatoms. The fourth-order valence-electron chi connectivity index (χ4n) is 3.23. The molecule has 0 amide bonds. The van der Waals surface area contributed by atoms with Crippen LogP contribution in [-0.4, -0.2) is 43.5 Å². The first-order valence-corrected chi connectivity index (χ1v) is 12.3. The number of imidazole rings is 1. The van der Waals surface area contributed by atoms with Gasteiger partial charge in [0, 0.05) is 17.9 Å². The number of thioether (sulfide) groups is 1. The van der Waals surface area contributed by atoms with Crippen LogP contribution in [0.3, 0.4) is 0 Å². The molecule has 1 aliphatic heterocycles. The van der Waals surface area contributed by atoms with Crippen LogP contribution in [0.2, 0.25) is 0 Å². The normalized spacial score (nSPS) is 13.2. The van der Waals surface area contributed by atoms with Crippen LogP contribution in [0.1, 0.15) is 6.92 Å². The van der Waals surface area contributed by atoms with E-state index in [0.29, 0.717) is 31.3 Å². The quantitative estimate of drug-likeness (QED) is 0.406. The second kappa shape index (κ2) is 9.21. The van der Waals surface area contributed by atoms with Crippen LogP contribution in [-0.2, 0) is 16.6 Å². The van der Waals surface area contributed by atoms with Crippen molar-refractivity contribution in [2.75, 3.05) is 25.6 Å². The van der Waals surface area contributed by atoms with Crippen molar-refractivity contribution in [3.05, 3.63) is 48.7 Å². The van der Waals surface area contributed by atoms with E-state index in [1.54, 1.807) is 23.9 Å². The molecule has 1 aromatic heterocycles. The number of hydrogen-bond donors (Lipinski definition) is 1. The molecule has 0 fully saturated rings. The predicted octanol–water partition coefficient (Wildman–Crippen LogP) is 3.16. The van der Waals surface area contributed by atoms with Crippen molar-refractivity contribution in [1.82, 2.24) is 9.55 Å². The third-order valence-electron chi connectivity index (χ3n) is 4.71. The van der Waals surface area contributed by atoms with Gasteiger partial charge in [-0.3, -0.25) is 0 Å². The fraction of sp³-hybridized carbons (Fsp3) is 0.286. The topological polar surface area (TPSA) is 106 Å². The van der Waals surface area contributed by atoms with E-state index in [1.807, 2.05) is 24.4 Å². The highest BCUT2D eigenvalue weighted by molar-refractivity contribution is 7.99. The summed E-state index contributed by atoms with van der Waals surface area (Å²) < 4.78 is 41.8. The van der Waals surface area contributed by atoms with Gasteiger partial charge in [0.2, 0.25) is 10.0 Å². The first-order valence-electron chi connectivity index (χ1n) is 9.79. The van der Waals surface area contributed by atoms with Crippen molar-refractivity contribution >= 4 is 21.8 Å². The summed E-state index contributed by atoms with van der Waals surface area (Å²) in [6.45, 7) is 4.43. The molecule has 0 bridgehead atoms. The van der Waals surface area contributed by atoms with Crippen molar-refractivity contribution in [1.29, 1.82) is 0 Å². The Morgan fingerprint density at radius 1 is 1.13 bits per heavy atom. The maximum absolute atomic E-state index is 11.3. The number of sulfonamides is 1. The minimum atomic E-state index is -3.70. The van der Waals surface area contributed by atoms with Gasteiger partial charge in [0.05, 0.1) is 23.4 Å². The third kappa shape index (κ3) is 4.97. The van der Waals surface area contributed by atoms with Gasteiger partial charge in [0.15, 0.2) is 16.7 Å². The number of rotatable bonds is 8. The second-order valence-electron chi connectivity index (χ2n) is 6.74. The number of benzene rings is 2. The van der Waals surface area contributed by atoms with E-state index in [1.165, 1.54) is 12.1 Å². The van der Waals surface area contributed by atoms with Crippen LogP contribution in [0.15, 0.2) is 58.7 Å². The lowest BCUT2D eigenvalue weighted by atomic mass is 10.1. The zero-order chi connectivity index (χ0) is 21.8. The van der Waals surface area contributed by atoms with Gasteiger partial charge in [-0.05, 0) is 49.4 Å². The number of nitrogens with zero attached hydrogens (tertiary/aromatic N) is 2. The summed E-state index contributed by atoms with van der Waals surface area (Å²) >= 11 is 1.60. The average Bonchev–Trinajstić information content (AvgIpc) is 3.19. The Morgan fingerprint density at radius 3 is 2.58 bits per heavy atom. The molecule has 2 N–H and O–H groups in total. The lowest BCUT2D eigenvalue weighted by Crippen LogP contribution is -2.15. The molecule has 2 aromatic carbocycles. The summed E-state index contributed by atoms with van der Waals surface area (Å²) in [5.41, 5.74) is 2.04. The summed E-state index contributed by atoms with van der Waals surface area (Å²) in [6.07, 6.45) is 1.87. The number of ether oxygens (including phenoxy) is 3. The predicted molar refractivity (Wildman–Crippen MR) is 118 cm³/mol. The molecule has 0 spiro atoms. The molecule has 4 rings (SSSR count). The number of hydrogen-bond acceptors (Lipinski definition) is 7. The third-order valence-corrected chi connectivity index (χ3v) is 6.59. The smallest absolute Gasteiger partial charge is 0.238 e. The van der Waals surface area contributed by atoms with Gasteiger partial charge < -0.3 is 18.8 Å². The van der Waals surface area contributed by atoms with Gasteiger partial charge in [-0.15, -0.1) is 0 Å². The van der Waals surface area contributed by atoms with Gasteiger partial charge in [0.25, 0.3) is 0 Å². The summed E-state index contributed by atoms with van der Waals surface area (Å²) in [4.78, 5) is 4.64. The molecule has 164 valence electrons. The number of primary sulfonamides is 1. The Bertz CT molecular complexity index is 1160. The molecule has 0 atom stereocenters. The average molecular weight is 462 g/mol. The largest absolute Gasteiger partial charge is 0.493 e. The lowest BCUT2D eigenvalue weighted by Gasteiger charge is -2.19. The second-order valence-corrected chi connectivity index (χ2v) is 9.37. The molecule has 3 aromatic rings. The van der Waals surface area contributed by atoms with Crippen LogP contribution in [0.25, 0.3) is 11.3 Å². The van der Waals surface area contributed by atoms with E-state index in [-0.39, 0.29) is 4.90 Å². The van der Waals surface area contributed by atoms with Crippen molar-refractivity contribution < 1.29 is 22.6 Å². The Morgan fingerprint density at radius 2 is 1.87 bits per heavy atom. The van der Waals surface area contributed by atoms with Gasteiger partial charge in [-0.1, -0.05) is 11.8 Å². The minimum Gasteiger partial charge on any atom is -0.493 e. The maximum Gasteiger partial charge on any atom is 0.238 e.